The fraction of sp³-hybridized carbons (Fsp3) is 0.231. The van der Waals surface area contributed by atoms with Crippen molar-refractivity contribution in [2.75, 3.05) is 18.9 Å². The number of benzene rings is 3. The van der Waals surface area contributed by atoms with Crippen molar-refractivity contribution in [2.45, 2.75) is 30.4 Å². The first-order valence-electron chi connectivity index (χ1n) is 11.2. The summed E-state index contributed by atoms with van der Waals surface area (Å²) in [6.07, 6.45) is 0.460. The van der Waals surface area contributed by atoms with Crippen LogP contribution in [-0.2, 0) is 39.1 Å². The largest absolute Gasteiger partial charge is 0.368 e. The van der Waals surface area contributed by atoms with Gasteiger partial charge in [-0.3, -0.25) is 14.5 Å². The SMILES string of the molecule is CN(Cc1ccccc1)S(=O)(=O)c1ccc(NC(=O)CN2Cc3ccccc3CC2C(N)=O)cc1. The standard InChI is InChI=1S/C26H28N4O4S/c1-29(16-19-7-3-2-4-8-19)35(33,34)23-13-11-22(12-14-23)28-25(31)18-30-17-21-10-6-5-9-20(21)15-24(30)26(27)32/h2-14,24H,15-18H2,1H3,(H2,27,32)(H,28,31). The molecule has 1 aliphatic rings. The van der Waals surface area contributed by atoms with Crippen LogP contribution in [0.5, 0.6) is 0 Å². The number of nitrogens with two attached hydrogens (primary N) is 1. The fourth-order valence-electron chi connectivity index (χ4n) is 4.22. The van der Waals surface area contributed by atoms with Gasteiger partial charge in [0.15, 0.2) is 0 Å². The molecule has 0 bridgehead atoms. The van der Waals surface area contributed by atoms with Crippen LogP contribution in [0.4, 0.5) is 5.69 Å². The number of amides is 2. The van der Waals surface area contributed by atoms with E-state index in [0.29, 0.717) is 18.7 Å². The summed E-state index contributed by atoms with van der Waals surface area (Å²) in [5.74, 6) is -0.783. The molecule has 0 spiro atoms. The highest BCUT2D eigenvalue weighted by molar-refractivity contribution is 7.89. The number of nitrogens with zero attached hydrogens (tertiary/aromatic N) is 2. The number of carbonyl (C=O) groups is 2. The molecule has 1 heterocycles. The van der Waals surface area contributed by atoms with Crippen molar-refractivity contribution in [2.24, 2.45) is 5.73 Å². The Balaban J connectivity index is 1.40. The van der Waals surface area contributed by atoms with Crippen LogP contribution in [0.15, 0.2) is 83.8 Å². The quantitative estimate of drug-likeness (QED) is 0.501. The van der Waals surface area contributed by atoms with E-state index in [1.165, 1.54) is 23.5 Å². The predicted octanol–water partition coefficient (Wildman–Crippen LogP) is 2.36. The Morgan fingerprint density at radius 2 is 1.60 bits per heavy atom. The van der Waals surface area contributed by atoms with Crippen molar-refractivity contribution >= 4 is 27.5 Å². The van der Waals surface area contributed by atoms with Gasteiger partial charge in [-0.2, -0.15) is 4.31 Å². The molecule has 1 aliphatic heterocycles. The van der Waals surface area contributed by atoms with Crippen LogP contribution < -0.4 is 11.1 Å². The Labute approximate surface area is 205 Å². The molecule has 0 saturated heterocycles. The Morgan fingerprint density at radius 3 is 2.26 bits per heavy atom. The summed E-state index contributed by atoms with van der Waals surface area (Å²) in [5.41, 5.74) is 9.07. The molecule has 3 aromatic carbocycles. The summed E-state index contributed by atoms with van der Waals surface area (Å²) in [4.78, 5) is 26.6. The first-order chi connectivity index (χ1) is 16.7. The van der Waals surface area contributed by atoms with Gasteiger partial charge >= 0.3 is 0 Å². The van der Waals surface area contributed by atoms with E-state index in [4.69, 9.17) is 5.73 Å². The topological polar surface area (TPSA) is 113 Å². The lowest BCUT2D eigenvalue weighted by Crippen LogP contribution is -2.50. The summed E-state index contributed by atoms with van der Waals surface area (Å²) in [7, 11) is -2.16. The zero-order chi connectivity index (χ0) is 25.0. The molecule has 35 heavy (non-hydrogen) atoms. The summed E-state index contributed by atoms with van der Waals surface area (Å²) in [6, 6.07) is 22.6. The van der Waals surface area contributed by atoms with Gasteiger partial charge in [0.05, 0.1) is 17.5 Å². The molecule has 0 aliphatic carbocycles. The summed E-state index contributed by atoms with van der Waals surface area (Å²) >= 11 is 0. The molecule has 0 saturated carbocycles. The number of carbonyl (C=O) groups excluding carboxylic acids is 2. The second kappa shape index (κ2) is 10.4. The minimum Gasteiger partial charge on any atom is -0.368 e. The molecule has 3 N–H and O–H groups in total. The lowest BCUT2D eigenvalue weighted by atomic mass is 9.93. The molecule has 0 radical (unpaired) electrons. The van der Waals surface area contributed by atoms with Crippen molar-refractivity contribution in [3.05, 3.63) is 95.6 Å². The first-order valence-corrected chi connectivity index (χ1v) is 12.7. The van der Waals surface area contributed by atoms with Crippen molar-refractivity contribution in [3.8, 4) is 0 Å². The molecule has 0 aromatic heterocycles. The van der Waals surface area contributed by atoms with Gasteiger partial charge in [0.1, 0.15) is 0 Å². The van der Waals surface area contributed by atoms with E-state index in [0.717, 1.165) is 16.7 Å². The van der Waals surface area contributed by atoms with Crippen LogP contribution in [0, 0.1) is 0 Å². The van der Waals surface area contributed by atoms with E-state index >= 15 is 0 Å². The van der Waals surface area contributed by atoms with Crippen LogP contribution in [0.25, 0.3) is 0 Å². The molecule has 2 amide bonds. The molecule has 1 unspecified atom stereocenters. The fourth-order valence-corrected chi connectivity index (χ4v) is 5.38. The normalized spacial score (nSPS) is 16.0. The maximum atomic E-state index is 12.9. The van der Waals surface area contributed by atoms with E-state index in [1.807, 2.05) is 54.6 Å². The molecule has 4 rings (SSSR count). The molecule has 3 aromatic rings. The summed E-state index contributed by atoms with van der Waals surface area (Å²) in [5, 5.41) is 2.78. The smallest absolute Gasteiger partial charge is 0.243 e. The predicted molar refractivity (Wildman–Crippen MR) is 134 cm³/mol. The van der Waals surface area contributed by atoms with Crippen LogP contribution in [-0.4, -0.2) is 49.1 Å². The van der Waals surface area contributed by atoms with Gasteiger partial charge < -0.3 is 11.1 Å². The second-order valence-electron chi connectivity index (χ2n) is 8.62. The lowest BCUT2D eigenvalue weighted by molar-refractivity contribution is -0.125. The average Bonchev–Trinajstić information content (AvgIpc) is 2.84. The minimum atomic E-state index is -3.69. The van der Waals surface area contributed by atoms with Gasteiger partial charge in [-0.1, -0.05) is 54.6 Å². The highest BCUT2D eigenvalue weighted by atomic mass is 32.2. The maximum absolute atomic E-state index is 12.9. The van der Waals surface area contributed by atoms with Crippen molar-refractivity contribution in [1.29, 1.82) is 0 Å². The van der Waals surface area contributed by atoms with Gasteiger partial charge in [-0.05, 0) is 47.4 Å². The first kappa shape index (κ1) is 24.6. The molecule has 9 heteroatoms. The average molecular weight is 493 g/mol. The third kappa shape index (κ3) is 5.76. The molecule has 182 valence electrons. The third-order valence-electron chi connectivity index (χ3n) is 6.12. The minimum absolute atomic E-state index is 0.0121. The van der Waals surface area contributed by atoms with Crippen LogP contribution >= 0.6 is 0 Å². The van der Waals surface area contributed by atoms with Crippen LogP contribution in [0.3, 0.4) is 0 Å². The third-order valence-corrected chi connectivity index (χ3v) is 7.93. The number of anilines is 1. The maximum Gasteiger partial charge on any atom is 0.243 e. The molecule has 8 nitrogen and oxygen atoms in total. The number of fused-ring (bicyclic) bond motifs is 1. The lowest BCUT2D eigenvalue weighted by Gasteiger charge is -2.34. The number of sulfonamides is 1. The van der Waals surface area contributed by atoms with Crippen molar-refractivity contribution < 1.29 is 18.0 Å². The zero-order valence-corrected chi connectivity index (χ0v) is 20.2. The van der Waals surface area contributed by atoms with Gasteiger partial charge in [-0.15, -0.1) is 0 Å². The Hall–Kier alpha value is -3.53. The number of hydrogen-bond donors (Lipinski definition) is 2. The van der Waals surface area contributed by atoms with Gasteiger partial charge in [0.2, 0.25) is 21.8 Å². The van der Waals surface area contributed by atoms with Gasteiger partial charge in [-0.25, -0.2) is 8.42 Å². The van der Waals surface area contributed by atoms with E-state index < -0.39 is 22.0 Å². The van der Waals surface area contributed by atoms with Gasteiger partial charge in [0.25, 0.3) is 0 Å². The summed E-state index contributed by atoms with van der Waals surface area (Å²) < 4.78 is 27.1. The van der Waals surface area contributed by atoms with Crippen molar-refractivity contribution in [3.63, 3.8) is 0 Å². The Bertz CT molecular complexity index is 1310. The van der Waals surface area contributed by atoms with Crippen LogP contribution in [0.2, 0.25) is 0 Å². The highest BCUT2D eigenvalue weighted by Crippen LogP contribution is 2.24. The summed E-state index contributed by atoms with van der Waals surface area (Å²) in [6.45, 7) is 0.686. The van der Waals surface area contributed by atoms with Gasteiger partial charge in [0, 0.05) is 25.8 Å². The number of rotatable bonds is 8. The Kier molecular flexibility index (Phi) is 7.30. The van der Waals surface area contributed by atoms with Crippen molar-refractivity contribution in [1.82, 2.24) is 9.21 Å². The number of hydrogen-bond acceptors (Lipinski definition) is 5. The molecule has 0 fully saturated rings. The monoisotopic (exact) mass is 492 g/mol. The van der Waals surface area contributed by atoms with E-state index in [-0.39, 0.29) is 23.9 Å². The molecule has 1 atom stereocenters. The second-order valence-corrected chi connectivity index (χ2v) is 10.7. The van der Waals surface area contributed by atoms with E-state index in [9.17, 15) is 18.0 Å². The molecular formula is C26H28N4O4S. The molecular weight excluding hydrogens is 464 g/mol. The number of nitrogens with one attached hydrogen (secondary N) is 1. The number of primary amides is 1. The van der Waals surface area contributed by atoms with E-state index in [2.05, 4.69) is 5.32 Å². The van der Waals surface area contributed by atoms with Crippen LogP contribution in [0.1, 0.15) is 16.7 Å². The van der Waals surface area contributed by atoms with E-state index in [1.54, 1.807) is 17.0 Å². The zero-order valence-electron chi connectivity index (χ0n) is 19.4. The Morgan fingerprint density at radius 1 is 0.971 bits per heavy atom. The highest BCUT2D eigenvalue weighted by Gasteiger charge is 2.31.